The van der Waals surface area contributed by atoms with Crippen LogP contribution in [0.4, 0.5) is 0 Å². The van der Waals surface area contributed by atoms with Crippen LogP contribution in [0.3, 0.4) is 0 Å². The molecule has 0 saturated carbocycles. The Morgan fingerprint density at radius 3 is 2.47 bits per heavy atom. The summed E-state index contributed by atoms with van der Waals surface area (Å²) in [5, 5.41) is 10.1. The number of halogens is 1. The minimum atomic E-state index is -4.31. The first kappa shape index (κ1) is 14.8. The van der Waals surface area contributed by atoms with Crippen molar-refractivity contribution in [3.63, 3.8) is 0 Å². The van der Waals surface area contributed by atoms with Crippen molar-refractivity contribution in [3.8, 4) is 0 Å². The summed E-state index contributed by atoms with van der Waals surface area (Å²) in [6, 6.07) is 6.39. The molecular formula is C10H14INO4S. The van der Waals surface area contributed by atoms with Gasteiger partial charge in [0.1, 0.15) is 0 Å². The third kappa shape index (κ3) is 4.51. The van der Waals surface area contributed by atoms with Gasteiger partial charge in [-0.15, -0.1) is 0 Å². The van der Waals surface area contributed by atoms with Crippen molar-refractivity contribution < 1.29 is 18.1 Å². The smallest absolute Gasteiger partial charge is 0.333 e. The molecule has 0 bridgehead atoms. The molecule has 0 saturated heterocycles. The largest absolute Gasteiger partial charge is 0.387 e. The van der Waals surface area contributed by atoms with Crippen LogP contribution in [0.25, 0.3) is 0 Å². The fourth-order valence-corrected chi connectivity index (χ4v) is 2.88. The van der Waals surface area contributed by atoms with Gasteiger partial charge in [0.15, 0.2) is 0 Å². The maximum atomic E-state index is 10.8. The van der Waals surface area contributed by atoms with Gasteiger partial charge in [-0.3, -0.25) is 4.55 Å². The second-order valence-electron chi connectivity index (χ2n) is 3.57. The second kappa shape index (κ2) is 6.10. The van der Waals surface area contributed by atoms with Gasteiger partial charge in [0.2, 0.25) is 0 Å². The summed E-state index contributed by atoms with van der Waals surface area (Å²) in [7, 11) is -4.31. The van der Waals surface area contributed by atoms with Crippen LogP contribution in [0.5, 0.6) is 0 Å². The molecule has 0 aromatic heterocycles. The number of aliphatic hydroxyl groups is 1. The van der Waals surface area contributed by atoms with E-state index < -0.39 is 22.4 Å². The second-order valence-corrected chi connectivity index (χ2v) is 5.92. The first-order chi connectivity index (χ1) is 7.85. The van der Waals surface area contributed by atoms with E-state index >= 15 is 0 Å². The Morgan fingerprint density at radius 1 is 1.41 bits per heavy atom. The minimum Gasteiger partial charge on any atom is -0.387 e. The Hall–Kier alpha value is -0.220. The minimum absolute atomic E-state index is 0.367. The predicted molar refractivity (Wildman–Crippen MR) is 72.9 cm³/mol. The molecule has 96 valence electrons. The van der Waals surface area contributed by atoms with Gasteiger partial charge in [-0.25, -0.2) is 0 Å². The average molecular weight is 371 g/mol. The molecule has 1 aromatic carbocycles. The van der Waals surface area contributed by atoms with E-state index in [0.29, 0.717) is 12.0 Å². The lowest BCUT2D eigenvalue weighted by Crippen LogP contribution is -2.38. The van der Waals surface area contributed by atoms with Crippen LogP contribution in [0.2, 0.25) is 0 Å². The molecule has 3 N–H and O–H groups in total. The van der Waals surface area contributed by atoms with E-state index in [2.05, 4.69) is 22.6 Å². The molecule has 0 spiro atoms. The van der Waals surface area contributed by atoms with Crippen molar-refractivity contribution in [3.05, 3.63) is 33.4 Å². The van der Waals surface area contributed by atoms with Gasteiger partial charge in [-0.1, -0.05) is 25.1 Å². The molecule has 17 heavy (non-hydrogen) atoms. The van der Waals surface area contributed by atoms with E-state index in [0.717, 1.165) is 3.57 Å². The van der Waals surface area contributed by atoms with E-state index in [4.69, 9.17) is 4.55 Å². The van der Waals surface area contributed by atoms with Crippen LogP contribution in [0.1, 0.15) is 25.0 Å². The van der Waals surface area contributed by atoms with Gasteiger partial charge in [-0.05, 0) is 40.6 Å². The molecule has 0 fully saturated rings. The number of aliphatic hydroxyl groups excluding tert-OH is 1. The van der Waals surface area contributed by atoms with Crippen LogP contribution in [-0.2, 0) is 10.3 Å². The third-order valence-corrected chi connectivity index (χ3v) is 3.93. The van der Waals surface area contributed by atoms with Crippen LogP contribution in [-0.4, -0.2) is 24.1 Å². The van der Waals surface area contributed by atoms with Crippen LogP contribution in [0.15, 0.2) is 24.3 Å². The quantitative estimate of drug-likeness (QED) is 0.541. The number of hydrogen-bond acceptors (Lipinski definition) is 3. The maximum Gasteiger partial charge on any atom is 0.333 e. The molecule has 2 atom stereocenters. The zero-order valence-electron chi connectivity index (χ0n) is 9.17. The van der Waals surface area contributed by atoms with Crippen molar-refractivity contribution in [2.24, 2.45) is 0 Å². The SMILES string of the molecule is CC[C@H](NS(=O)(=O)O)[C@@H](O)c1ccccc1I. The van der Waals surface area contributed by atoms with E-state index in [1.165, 1.54) is 0 Å². The molecule has 0 radical (unpaired) electrons. The van der Waals surface area contributed by atoms with E-state index in [9.17, 15) is 13.5 Å². The Labute approximate surface area is 114 Å². The lowest BCUT2D eigenvalue weighted by atomic mass is 10.0. The monoisotopic (exact) mass is 371 g/mol. The Kier molecular flexibility index (Phi) is 5.32. The normalized spacial score (nSPS) is 15.5. The highest BCUT2D eigenvalue weighted by atomic mass is 127. The summed E-state index contributed by atoms with van der Waals surface area (Å²) in [5.74, 6) is 0. The molecule has 0 aliphatic heterocycles. The van der Waals surface area contributed by atoms with Gasteiger partial charge in [0.05, 0.1) is 12.1 Å². The number of benzene rings is 1. The third-order valence-electron chi connectivity index (χ3n) is 2.35. The summed E-state index contributed by atoms with van der Waals surface area (Å²) >= 11 is 2.06. The molecular weight excluding hydrogens is 357 g/mol. The van der Waals surface area contributed by atoms with Crippen molar-refractivity contribution in [2.75, 3.05) is 0 Å². The number of nitrogens with one attached hydrogen (secondary N) is 1. The standard InChI is InChI=1S/C10H14INO4S/c1-2-9(12-17(14,15)16)10(13)7-5-3-4-6-8(7)11/h3-6,9-10,12-13H,2H2,1H3,(H,14,15,16)/t9-,10-/m0/s1. The summed E-state index contributed by atoms with van der Waals surface area (Å²) < 4.78 is 33.1. The van der Waals surface area contributed by atoms with Gasteiger partial charge in [-0.2, -0.15) is 13.1 Å². The molecule has 0 unspecified atom stereocenters. The number of rotatable bonds is 5. The molecule has 7 heteroatoms. The zero-order valence-corrected chi connectivity index (χ0v) is 12.1. The first-order valence-electron chi connectivity index (χ1n) is 5.02. The zero-order chi connectivity index (χ0) is 13.1. The number of hydrogen-bond donors (Lipinski definition) is 3. The topological polar surface area (TPSA) is 86.6 Å². The fraction of sp³-hybridized carbons (Fsp3) is 0.400. The molecule has 0 amide bonds. The van der Waals surface area contributed by atoms with E-state index in [1.54, 1.807) is 19.1 Å². The Bertz CT molecular complexity index is 477. The van der Waals surface area contributed by atoms with Gasteiger partial charge < -0.3 is 5.11 Å². The highest BCUT2D eigenvalue weighted by Gasteiger charge is 2.24. The van der Waals surface area contributed by atoms with Crippen molar-refractivity contribution >= 4 is 32.9 Å². The molecule has 0 aliphatic carbocycles. The molecule has 5 nitrogen and oxygen atoms in total. The van der Waals surface area contributed by atoms with E-state index in [1.807, 2.05) is 16.9 Å². The van der Waals surface area contributed by atoms with Crippen molar-refractivity contribution in [1.29, 1.82) is 0 Å². The molecule has 1 rings (SSSR count). The maximum absolute atomic E-state index is 10.8. The summed E-state index contributed by atoms with van der Waals surface area (Å²) in [5.41, 5.74) is 0.635. The average Bonchev–Trinajstić information content (AvgIpc) is 2.24. The van der Waals surface area contributed by atoms with Gasteiger partial charge >= 0.3 is 10.3 Å². The summed E-state index contributed by atoms with van der Waals surface area (Å²) in [4.78, 5) is 0. The Balaban J connectivity index is 2.94. The van der Waals surface area contributed by atoms with E-state index in [-0.39, 0.29) is 0 Å². The van der Waals surface area contributed by atoms with Crippen LogP contribution in [0, 0.1) is 3.57 Å². The highest BCUT2D eigenvalue weighted by molar-refractivity contribution is 14.1. The fourth-order valence-electron chi connectivity index (χ4n) is 1.49. The van der Waals surface area contributed by atoms with Crippen molar-refractivity contribution in [2.45, 2.75) is 25.5 Å². The molecule has 1 aromatic rings. The lowest BCUT2D eigenvalue weighted by molar-refractivity contribution is 0.134. The summed E-state index contributed by atoms with van der Waals surface area (Å²) in [6.07, 6.45) is -0.624. The first-order valence-corrected chi connectivity index (χ1v) is 7.54. The lowest BCUT2D eigenvalue weighted by Gasteiger charge is -2.22. The predicted octanol–water partition coefficient (Wildman–Crippen LogP) is 1.50. The molecule has 0 aliphatic rings. The van der Waals surface area contributed by atoms with Crippen LogP contribution >= 0.6 is 22.6 Å². The van der Waals surface area contributed by atoms with Crippen molar-refractivity contribution in [1.82, 2.24) is 4.72 Å². The van der Waals surface area contributed by atoms with Crippen LogP contribution < -0.4 is 4.72 Å². The highest BCUT2D eigenvalue weighted by Crippen LogP contribution is 2.24. The van der Waals surface area contributed by atoms with Gasteiger partial charge in [0.25, 0.3) is 0 Å². The molecule has 0 heterocycles. The summed E-state index contributed by atoms with van der Waals surface area (Å²) in [6.45, 7) is 1.72. The van der Waals surface area contributed by atoms with Gasteiger partial charge in [0, 0.05) is 3.57 Å². The Morgan fingerprint density at radius 2 is 2.00 bits per heavy atom.